The Morgan fingerprint density at radius 3 is 2.41 bits per heavy atom. The van der Waals surface area contributed by atoms with Crippen LogP contribution >= 0.6 is 11.8 Å². The van der Waals surface area contributed by atoms with Crippen molar-refractivity contribution < 1.29 is 9.53 Å². The van der Waals surface area contributed by atoms with Gasteiger partial charge in [0.15, 0.2) is 0 Å². The van der Waals surface area contributed by atoms with Crippen molar-refractivity contribution in [2.75, 3.05) is 18.2 Å². The van der Waals surface area contributed by atoms with E-state index < -0.39 is 0 Å². The number of benzene rings is 2. The van der Waals surface area contributed by atoms with Crippen LogP contribution in [0.4, 0.5) is 5.69 Å². The molecule has 1 amide bonds. The summed E-state index contributed by atoms with van der Waals surface area (Å²) in [6.07, 6.45) is 0. The average Bonchev–Trinajstić information content (AvgIpc) is 2.46. The maximum Gasteiger partial charge on any atom is 0.234 e. The van der Waals surface area contributed by atoms with E-state index in [1.165, 1.54) is 21.6 Å². The average molecular weight is 315 g/mol. The molecule has 4 heteroatoms. The zero-order valence-corrected chi connectivity index (χ0v) is 14.2. The Bertz CT molecular complexity index is 660. The van der Waals surface area contributed by atoms with Gasteiger partial charge in [-0.3, -0.25) is 4.79 Å². The third kappa shape index (κ3) is 4.04. The molecule has 2 aromatic carbocycles. The number of methoxy groups -OCH3 is 1. The molecule has 0 radical (unpaired) electrons. The minimum absolute atomic E-state index is 0.0334. The number of hydrogen-bond acceptors (Lipinski definition) is 3. The van der Waals surface area contributed by atoms with E-state index in [0.717, 1.165) is 0 Å². The van der Waals surface area contributed by atoms with Crippen LogP contribution in [0, 0.1) is 20.8 Å². The standard InChI is InChI=1S/C18H21NO2S/c1-12-9-13(2)18(14(3)10-12)22-11-17(20)19-15-7-5-6-8-16(15)21-4/h5-10H,11H2,1-4H3,(H,19,20). The van der Waals surface area contributed by atoms with Gasteiger partial charge in [-0.1, -0.05) is 29.8 Å². The molecule has 0 aromatic heterocycles. The quantitative estimate of drug-likeness (QED) is 0.834. The fourth-order valence-corrected chi connectivity index (χ4v) is 3.39. The SMILES string of the molecule is COc1ccccc1NC(=O)CSc1c(C)cc(C)cc1C. The highest BCUT2D eigenvalue weighted by molar-refractivity contribution is 8.00. The van der Waals surface area contributed by atoms with Gasteiger partial charge >= 0.3 is 0 Å². The summed E-state index contributed by atoms with van der Waals surface area (Å²) >= 11 is 1.57. The van der Waals surface area contributed by atoms with Crippen LogP contribution < -0.4 is 10.1 Å². The summed E-state index contributed by atoms with van der Waals surface area (Å²) in [5.74, 6) is 1.01. The van der Waals surface area contributed by atoms with Crippen LogP contribution in [-0.4, -0.2) is 18.8 Å². The predicted octanol–water partition coefficient (Wildman–Crippen LogP) is 4.35. The molecule has 0 unspecified atom stereocenters. The normalized spacial score (nSPS) is 10.4. The van der Waals surface area contributed by atoms with Gasteiger partial charge in [0, 0.05) is 4.90 Å². The summed E-state index contributed by atoms with van der Waals surface area (Å²) < 4.78 is 5.24. The van der Waals surface area contributed by atoms with E-state index in [-0.39, 0.29) is 5.91 Å². The summed E-state index contributed by atoms with van der Waals surface area (Å²) in [4.78, 5) is 13.3. The van der Waals surface area contributed by atoms with Crippen molar-refractivity contribution in [1.82, 2.24) is 0 Å². The molecule has 0 saturated carbocycles. The zero-order chi connectivity index (χ0) is 16.1. The molecule has 22 heavy (non-hydrogen) atoms. The second-order valence-electron chi connectivity index (χ2n) is 5.26. The Morgan fingerprint density at radius 2 is 1.77 bits per heavy atom. The molecule has 116 valence electrons. The fraction of sp³-hybridized carbons (Fsp3) is 0.278. The zero-order valence-electron chi connectivity index (χ0n) is 13.4. The highest BCUT2D eigenvalue weighted by Gasteiger charge is 2.10. The van der Waals surface area contributed by atoms with Gasteiger partial charge in [0.2, 0.25) is 5.91 Å². The van der Waals surface area contributed by atoms with Crippen LogP contribution in [0.3, 0.4) is 0 Å². The molecule has 1 N–H and O–H groups in total. The van der Waals surface area contributed by atoms with E-state index >= 15 is 0 Å². The lowest BCUT2D eigenvalue weighted by atomic mass is 10.1. The molecule has 0 spiro atoms. The van der Waals surface area contributed by atoms with Crippen molar-refractivity contribution >= 4 is 23.4 Å². The lowest BCUT2D eigenvalue weighted by Gasteiger charge is -2.12. The van der Waals surface area contributed by atoms with Gasteiger partial charge in [0.25, 0.3) is 0 Å². The summed E-state index contributed by atoms with van der Waals surface area (Å²) in [6.45, 7) is 6.25. The molecule has 0 bridgehead atoms. The Hall–Kier alpha value is -1.94. The molecule has 0 atom stereocenters. The van der Waals surface area contributed by atoms with Gasteiger partial charge in [0.05, 0.1) is 18.6 Å². The highest BCUT2D eigenvalue weighted by atomic mass is 32.2. The van der Waals surface area contributed by atoms with Gasteiger partial charge in [0.1, 0.15) is 5.75 Å². The lowest BCUT2D eigenvalue weighted by molar-refractivity contribution is -0.113. The van der Waals surface area contributed by atoms with Crippen LogP contribution in [-0.2, 0) is 4.79 Å². The number of amides is 1. The van der Waals surface area contributed by atoms with Crippen molar-refractivity contribution in [3.8, 4) is 5.75 Å². The van der Waals surface area contributed by atoms with Crippen LogP contribution in [0.25, 0.3) is 0 Å². The van der Waals surface area contributed by atoms with E-state index in [9.17, 15) is 4.79 Å². The van der Waals surface area contributed by atoms with Gasteiger partial charge in [-0.05, 0) is 44.0 Å². The minimum Gasteiger partial charge on any atom is -0.495 e. The number of nitrogens with one attached hydrogen (secondary N) is 1. The first-order valence-corrected chi connectivity index (χ1v) is 8.13. The number of carbonyl (C=O) groups excluding carboxylic acids is 1. The number of anilines is 1. The van der Waals surface area contributed by atoms with Gasteiger partial charge < -0.3 is 10.1 Å². The number of hydrogen-bond donors (Lipinski definition) is 1. The molecule has 0 aliphatic heterocycles. The molecule has 0 fully saturated rings. The molecule has 0 heterocycles. The number of thioether (sulfide) groups is 1. The smallest absolute Gasteiger partial charge is 0.234 e. The Labute approximate surface area is 136 Å². The largest absolute Gasteiger partial charge is 0.495 e. The molecule has 2 rings (SSSR count). The summed E-state index contributed by atoms with van der Waals surface area (Å²) in [5.41, 5.74) is 4.38. The van der Waals surface area contributed by atoms with Crippen molar-refractivity contribution in [2.24, 2.45) is 0 Å². The van der Waals surface area contributed by atoms with Crippen molar-refractivity contribution in [3.63, 3.8) is 0 Å². The number of carbonyl (C=O) groups is 1. The lowest BCUT2D eigenvalue weighted by Crippen LogP contribution is -2.14. The highest BCUT2D eigenvalue weighted by Crippen LogP contribution is 2.28. The minimum atomic E-state index is -0.0334. The third-order valence-corrected chi connectivity index (χ3v) is 4.67. The van der Waals surface area contributed by atoms with Crippen molar-refractivity contribution in [3.05, 3.63) is 53.1 Å². The molecule has 3 nitrogen and oxygen atoms in total. The molecule has 2 aromatic rings. The topological polar surface area (TPSA) is 38.3 Å². The van der Waals surface area contributed by atoms with E-state index in [1.54, 1.807) is 18.9 Å². The van der Waals surface area contributed by atoms with E-state index in [4.69, 9.17) is 4.74 Å². The number of para-hydroxylation sites is 2. The number of ether oxygens (including phenoxy) is 1. The van der Waals surface area contributed by atoms with Crippen LogP contribution in [0.2, 0.25) is 0 Å². The summed E-state index contributed by atoms with van der Waals surface area (Å²) in [7, 11) is 1.60. The van der Waals surface area contributed by atoms with Crippen molar-refractivity contribution in [2.45, 2.75) is 25.7 Å². The molecular weight excluding hydrogens is 294 g/mol. The maximum atomic E-state index is 12.2. The monoisotopic (exact) mass is 315 g/mol. The van der Waals surface area contributed by atoms with Crippen LogP contribution in [0.15, 0.2) is 41.3 Å². The van der Waals surface area contributed by atoms with Gasteiger partial charge in [-0.25, -0.2) is 0 Å². The third-order valence-electron chi connectivity index (χ3n) is 3.33. The van der Waals surface area contributed by atoms with E-state index in [1.807, 2.05) is 24.3 Å². The van der Waals surface area contributed by atoms with Crippen LogP contribution in [0.5, 0.6) is 5.75 Å². The Morgan fingerprint density at radius 1 is 1.14 bits per heavy atom. The first-order valence-electron chi connectivity index (χ1n) is 7.14. The van der Waals surface area contributed by atoms with Crippen LogP contribution in [0.1, 0.15) is 16.7 Å². The number of aryl methyl sites for hydroxylation is 3. The van der Waals surface area contributed by atoms with Gasteiger partial charge in [-0.2, -0.15) is 0 Å². The first kappa shape index (κ1) is 16.4. The molecular formula is C18H21NO2S. The van der Waals surface area contributed by atoms with E-state index in [2.05, 4.69) is 38.2 Å². The second-order valence-corrected chi connectivity index (χ2v) is 6.25. The first-order chi connectivity index (χ1) is 10.5. The van der Waals surface area contributed by atoms with E-state index in [0.29, 0.717) is 17.2 Å². The second kappa shape index (κ2) is 7.36. The molecule has 0 aliphatic carbocycles. The van der Waals surface area contributed by atoms with Gasteiger partial charge in [-0.15, -0.1) is 11.8 Å². The maximum absolute atomic E-state index is 12.2. The molecule has 0 saturated heterocycles. The Kier molecular flexibility index (Phi) is 5.50. The molecule has 0 aliphatic rings. The summed E-state index contributed by atoms with van der Waals surface area (Å²) in [5, 5.41) is 2.90. The predicted molar refractivity (Wildman–Crippen MR) is 93.0 cm³/mol. The number of rotatable bonds is 5. The Balaban J connectivity index is 2.02. The summed E-state index contributed by atoms with van der Waals surface area (Å²) in [6, 6.07) is 11.7. The fourth-order valence-electron chi connectivity index (χ4n) is 2.47. The van der Waals surface area contributed by atoms with Crippen molar-refractivity contribution in [1.29, 1.82) is 0 Å².